The summed E-state index contributed by atoms with van der Waals surface area (Å²) in [6.45, 7) is 0. The average molecular weight is 577 g/mol. The first-order chi connectivity index (χ1) is 18.9. The Morgan fingerprint density at radius 2 is 0.950 bits per heavy atom. The van der Waals surface area contributed by atoms with Gasteiger partial charge in [-0.1, -0.05) is 35.3 Å². The summed E-state index contributed by atoms with van der Waals surface area (Å²) in [4.78, 5) is 50.5. The molecule has 0 spiro atoms. The van der Waals surface area contributed by atoms with Crippen molar-refractivity contribution >= 4 is 69.6 Å². The van der Waals surface area contributed by atoms with Crippen LogP contribution in [0.4, 0.5) is 22.7 Å². The molecule has 0 aromatic heterocycles. The molecule has 0 aliphatic heterocycles. The largest absolute Gasteiger partial charge is 0.399 e. The average Bonchev–Trinajstić information content (AvgIpc) is 2.91. The van der Waals surface area contributed by atoms with Gasteiger partial charge in [-0.25, -0.2) is 0 Å². The van der Waals surface area contributed by atoms with E-state index in [2.05, 4.69) is 10.6 Å². The van der Waals surface area contributed by atoms with E-state index in [0.717, 1.165) is 0 Å². The number of carbonyl (C=O) groups excluding carboxylic acids is 4. The number of rotatable bonds is 7. The molecule has 4 rings (SSSR count). The van der Waals surface area contributed by atoms with Gasteiger partial charge in [0.1, 0.15) is 0 Å². The number of nitrogen functional groups attached to an aromatic ring is 2. The molecular formula is C28H22Cl2N6O4. The van der Waals surface area contributed by atoms with Crippen LogP contribution < -0.4 is 33.6 Å². The summed E-state index contributed by atoms with van der Waals surface area (Å²) in [6, 6.07) is 17.8. The van der Waals surface area contributed by atoms with Crippen molar-refractivity contribution in [1.82, 2.24) is 0 Å². The summed E-state index contributed by atoms with van der Waals surface area (Å²) in [6.07, 6.45) is 0. The van der Waals surface area contributed by atoms with Crippen LogP contribution in [0.5, 0.6) is 0 Å². The standard InChI is InChI=1S/C28H22Cl2N6O4/c29-21-11-15(31)3-7-23(21)35-27(39)18-6-2-14(13-1-5-17(25(33)37)19(9-13)26(34)38)10-20(18)28(40)36-24-8-4-16(32)12-22(24)30/h1-12H,31-32H2,(H2,33,37)(H2,34,38)(H,35,39)(H,36,40). The molecule has 0 fully saturated rings. The van der Waals surface area contributed by atoms with Crippen molar-refractivity contribution in [2.45, 2.75) is 0 Å². The SMILES string of the molecule is NC(=O)c1ccc(-c2ccc(C(=O)Nc3ccc(N)cc3Cl)c(C(=O)Nc3ccc(N)cc3Cl)c2)cc1C(N)=O. The van der Waals surface area contributed by atoms with Crippen LogP contribution in [0.15, 0.2) is 72.8 Å². The topological polar surface area (TPSA) is 196 Å². The molecule has 0 bridgehead atoms. The van der Waals surface area contributed by atoms with Gasteiger partial charge in [0.05, 0.1) is 43.7 Å². The van der Waals surface area contributed by atoms with Gasteiger partial charge in [-0.3, -0.25) is 19.2 Å². The van der Waals surface area contributed by atoms with E-state index in [1.807, 2.05) is 0 Å². The minimum Gasteiger partial charge on any atom is -0.399 e. The van der Waals surface area contributed by atoms with E-state index >= 15 is 0 Å². The quantitative estimate of drug-likeness (QED) is 0.175. The number of benzene rings is 4. The molecule has 4 aromatic carbocycles. The van der Waals surface area contributed by atoms with E-state index in [0.29, 0.717) is 22.5 Å². The van der Waals surface area contributed by atoms with Gasteiger partial charge in [-0.2, -0.15) is 0 Å². The summed E-state index contributed by atoms with van der Waals surface area (Å²) in [5, 5.41) is 5.75. The molecule has 202 valence electrons. The van der Waals surface area contributed by atoms with Crippen LogP contribution >= 0.6 is 23.2 Å². The second-order valence-corrected chi connectivity index (χ2v) is 9.45. The molecule has 40 heavy (non-hydrogen) atoms. The van der Waals surface area contributed by atoms with Crippen molar-refractivity contribution in [3.05, 3.63) is 105 Å². The lowest BCUT2D eigenvalue weighted by Gasteiger charge is -2.15. The first-order valence-electron chi connectivity index (χ1n) is 11.6. The number of nitrogens with two attached hydrogens (primary N) is 4. The van der Waals surface area contributed by atoms with Crippen molar-refractivity contribution in [3.63, 3.8) is 0 Å². The first kappa shape index (κ1) is 28.0. The number of amides is 4. The Balaban J connectivity index is 1.80. The molecule has 0 aliphatic carbocycles. The van der Waals surface area contributed by atoms with Crippen molar-refractivity contribution in [2.24, 2.45) is 11.5 Å². The number of halogens is 2. The zero-order valence-corrected chi connectivity index (χ0v) is 22.1. The Labute approximate surface area is 238 Å². The lowest BCUT2D eigenvalue weighted by molar-refractivity contribution is 0.0967. The molecule has 0 heterocycles. The van der Waals surface area contributed by atoms with Gasteiger partial charge in [0.25, 0.3) is 11.8 Å². The second kappa shape index (κ2) is 11.4. The molecule has 0 unspecified atom stereocenters. The van der Waals surface area contributed by atoms with E-state index in [4.69, 9.17) is 46.1 Å². The lowest BCUT2D eigenvalue weighted by atomic mass is 9.94. The monoisotopic (exact) mass is 576 g/mol. The zero-order valence-electron chi connectivity index (χ0n) is 20.6. The predicted octanol–water partition coefficient (Wildman–Crippen LogP) is 4.53. The van der Waals surface area contributed by atoms with Gasteiger partial charge in [-0.15, -0.1) is 0 Å². The second-order valence-electron chi connectivity index (χ2n) is 8.64. The van der Waals surface area contributed by atoms with E-state index in [1.165, 1.54) is 54.6 Å². The van der Waals surface area contributed by atoms with Crippen LogP contribution in [0.3, 0.4) is 0 Å². The molecule has 0 radical (unpaired) electrons. The molecule has 0 saturated heterocycles. The molecule has 0 saturated carbocycles. The highest BCUT2D eigenvalue weighted by Crippen LogP contribution is 2.30. The van der Waals surface area contributed by atoms with Gasteiger partial charge >= 0.3 is 0 Å². The number of hydrogen-bond acceptors (Lipinski definition) is 6. The zero-order chi connectivity index (χ0) is 29.1. The van der Waals surface area contributed by atoms with Crippen molar-refractivity contribution in [1.29, 1.82) is 0 Å². The first-order valence-corrected chi connectivity index (χ1v) is 12.3. The highest BCUT2D eigenvalue weighted by Gasteiger charge is 2.21. The van der Waals surface area contributed by atoms with Crippen LogP contribution in [0.2, 0.25) is 10.0 Å². The highest BCUT2D eigenvalue weighted by atomic mass is 35.5. The number of carbonyl (C=O) groups is 4. The van der Waals surface area contributed by atoms with Crippen LogP contribution in [0, 0.1) is 0 Å². The Kier molecular flexibility index (Phi) is 7.94. The summed E-state index contributed by atoms with van der Waals surface area (Å²) in [7, 11) is 0. The predicted molar refractivity (Wildman–Crippen MR) is 157 cm³/mol. The lowest BCUT2D eigenvalue weighted by Crippen LogP contribution is -2.21. The maximum Gasteiger partial charge on any atom is 0.256 e. The van der Waals surface area contributed by atoms with Crippen molar-refractivity contribution in [2.75, 3.05) is 22.1 Å². The Bertz CT molecular complexity index is 1710. The smallest absolute Gasteiger partial charge is 0.256 e. The number of hydrogen-bond donors (Lipinski definition) is 6. The Morgan fingerprint density at radius 3 is 1.40 bits per heavy atom. The van der Waals surface area contributed by atoms with Gasteiger partial charge in [0, 0.05) is 11.4 Å². The van der Waals surface area contributed by atoms with Crippen molar-refractivity contribution in [3.8, 4) is 11.1 Å². The van der Waals surface area contributed by atoms with Crippen LogP contribution in [0.1, 0.15) is 41.4 Å². The molecular weight excluding hydrogens is 555 g/mol. The van der Waals surface area contributed by atoms with Gasteiger partial charge in [-0.05, 0) is 71.8 Å². The van der Waals surface area contributed by atoms with Gasteiger partial charge < -0.3 is 33.6 Å². The van der Waals surface area contributed by atoms with E-state index in [-0.39, 0.29) is 43.7 Å². The molecule has 10 N–H and O–H groups in total. The molecule has 4 aromatic rings. The fourth-order valence-electron chi connectivity index (χ4n) is 3.90. The fraction of sp³-hybridized carbons (Fsp3) is 0. The third kappa shape index (κ3) is 5.98. The minimum absolute atomic E-state index is 0.00425. The minimum atomic E-state index is -0.858. The van der Waals surface area contributed by atoms with Crippen LogP contribution in [0.25, 0.3) is 11.1 Å². The summed E-state index contributed by atoms with van der Waals surface area (Å²) in [5.41, 5.74) is 24.3. The summed E-state index contributed by atoms with van der Waals surface area (Å²) >= 11 is 12.4. The fourth-order valence-corrected chi connectivity index (χ4v) is 4.37. The summed E-state index contributed by atoms with van der Waals surface area (Å²) < 4.78 is 0. The number of nitrogens with one attached hydrogen (secondary N) is 2. The Hall–Kier alpha value is -5.06. The molecule has 0 aliphatic rings. The number of anilines is 4. The van der Waals surface area contributed by atoms with Crippen LogP contribution in [-0.4, -0.2) is 23.6 Å². The summed E-state index contributed by atoms with van der Waals surface area (Å²) in [5.74, 6) is -2.98. The van der Waals surface area contributed by atoms with E-state index < -0.39 is 23.6 Å². The van der Waals surface area contributed by atoms with Gasteiger partial charge in [0.15, 0.2) is 0 Å². The van der Waals surface area contributed by atoms with Crippen molar-refractivity contribution < 1.29 is 19.2 Å². The van der Waals surface area contributed by atoms with Gasteiger partial charge in [0.2, 0.25) is 11.8 Å². The third-order valence-corrected chi connectivity index (χ3v) is 6.50. The molecule has 12 heteroatoms. The van der Waals surface area contributed by atoms with E-state index in [1.54, 1.807) is 18.2 Å². The van der Waals surface area contributed by atoms with E-state index in [9.17, 15) is 19.2 Å². The molecule has 10 nitrogen and oxygen atoms in total. The van der Waals surface area contributed by atoms with Crippen LogP contribution in [-0.2, 0) is 0 Å². The molecule has 4 amide bonds. The Morgan fingerprint density at radius 1 is 0.525 bits per heavy atom. The maximum atomic E-state index is 13.5. The molecule has 0 atom stereocenters. The third-order valence-electron chi connectivity index (χ3n) is 5.88. The highest BCUT2D eigenvalue weighted by molar-refractivity contribution is 6.35. The maximum absolute atomic E-state index is 13.5. The normalized spacial score (nSPS) is 10.6. The number of primary amides is 2.